The predicted molar refractivity (Wildman–Crippen MR) is 78.2 cm³/mol. The molecule has 0 atom stereocenters. The van der Waals surface area contributed by atoms with Gasteiger partial charge in [0.1, 0.15) is 0 Å². The van der Waals surface area contributed by atoms with Gasteiger partial charge >= 0.3 is 11.9 Å². The maximum atomic E-state index is 10.4. The Balaban J connectivity index is 0. The highest BCUT2D eigenvalue weighted by Gasteiger charge is 1.93. The highest BCUT2D eigenvalue weighted by molar-refractivity contribution is 5.81. The van der Waals surface area contributed by atoms with Gasteiger partial charge in [-0.3, -0.25) is 0 Å². The summed E-state index contributed by atoms with van der Waals surface area (Å²) >= 11 is 0. The minimum absolute atomic E-state index is 0.144. The molecule has 0 aromatic carbocycles. The van der Waals surface area contributed by atoms with E-state index in [1.165, 1.54) is 6.08 Å². The van der Waals surface area contributed by atoms with Crippen molar-refractivity contribution in [2.75, 3.05) is 19.8 Å². The Morgan fingerprint density at radius 2 is 1.40 bits per heavy atom. The molecule has 5 nitrogen and oxygen atoms in total. The number of carbonyl (C=O) groups is 2. The minimum Gasteiger partial charge on any atom is -0.463 e. The summed E-state index contributed by atoms with van der Waals surface area (Å²) in [7, 11) is 0. The Morgan fingerprint density at radius 1 is 0.950 bits per heavy atom. The van der Waals surface area contributed by atoms with Gasteiger partial charge in [-0.1, -0.05) is 32.9 Å². The van der Waals surface area contributed by atoms with Crippen LogP contribution in [0.1, 0.15) is 39.0 Å². The van der Waals surface area contributed by atoms with Crippen molar-refractivity contribution < 1.29 is 24.2 Å². The number of unbranched alkanes of at least 4 members (excludes halogenated alkanes) is 3. The first kappa shape index (κ1) is 20.7. The third-order valence-electron chi connectivity index (χ3n) is 2.12. The third kappa shape index (κ3) is 18.7. The van der Waals surface area contributed by atoms with E-state index in [0.29, 0.717) is 26.1 Å². The normalized spacial score (nSPS) is 8.90. The molecule has 20 heavy (non-hydrogen) atoms. The van der Waals surface area contributed by atoms with Gasteiger partial charge < -0.3 is 14.6 Å². The Morgan fingerprint density at radius 3 is 1.75 bits per heavy atom. The zero-order valence-corrected chi connectivity index (χ0v) is 12.3. The van der Waals surface area contributed by atoms with Crippen molar-refractivity contribution in [2.45, 2.75) is 39.0 Å². The van der Waals surface area contributed by atoms with Gasteiger partial charge in [0, 0.05) is 18.8 Å². The number of aliphatic hydroxyl groups excluding tert-OH is 1. The van der Waals surface area contributed by atoms with E-state index in [-0.39, 0.29) is 12.6 Å². The summed E-state index contributed by atoms with van der Waals surface area (Å²) in [6.45, 7) is 9.66. The first-order valence-electron chi connectivity index (χ1n) is 6.81. The molecular weight excluding hydrogens is 260 g/mol. The molecule has 0 aromatic heterocycles. The molecule has 116 valence electrons. The first-order valence-corrected chi connectivity index (χ1v) is 6.81. The van der Waals surface area contributed by atoms with Crippen LogP contribution in [0.25, 0.3) is 0 Å². The monoisotopic (exact) mass is 286 g/mol. The average Bonchev–Trinajstić information content (AvgIpc) is 2.48. The summed E-state index contributed by atoms with van der Waals surface area (Å²) in [5, 5.41) is 8.33. The van der Waals surface area contributed by atoms with Gasteiger partial charge in [0.2, 0.25) is 0 Å². The topological polar surface area (TPSA) is 72.8 Å². The van der Waals surface area contributed by atoms with Crippen LogP contribution in [0.3, 0.4) is 0 Å². The van der Waals surface area contributed by atoms with Crippen molar-refractivity contribution >= 4 is 11.9 Å². The number of aliphatic hydroxyl groups is 1. The number of hydrogen-bond acceptors (Lipinski definition) is 5. The molecule has 1 N–H and O–H groups in total. The lowest BCUT2D eigenvalue weighted by molar-refractivity contribution is -0.138. The summed E-state index contributed by atoms with van der Waals surface area (Å²) in [6, 6.07) is 0. The molecule has 0 aliphatic carbocycles. The summed E-state index contributed by atoms with van der Waals surface area (Å²) in [6.07, 6.45) is 6.90. The fourth-order valence-corrected chi connectivity index (χ4v) is 1.03. The number of carbonyl (C=O) groups excluding carboxylic acids is 2. The van der Waals surface area contributed by atoms with Crippen molar-refractivity contribution in [3.05, 3.63) is 25.3 Å². The zero-order chi connectivity index (χ0) is 15.6. The van der Waals surface area contributed by atoms with Gasteiger partial charge in [-0.05, 0) is 19.3 Å². The second kappa shape index (κ2) is 17.4. The van der Waals surface area contributed by atoms with Gasteiger partial charge in [0.05, 0.1) is 13.2 Å². The molecular formula is C15H26O5. The fraction of sp³-hybridized carbons (Fsp3) is 0.600. The number of rotatable bonds is 10. The van der Waals surface area contributed by atoms with Crippen LogP contribution in [0.5, 0.6) is 0 Å². The van der Waals surface area contributed by atoms with Gasteiger partial charge in [-0.15, -0.1) is 0 Å². The van der Waals surface area contributed by atoms with Crippen molar-refractivity contribution in [3.8, 4) is 0 Å². The standard InChI is InChI=1S/C8H14O2.C7H12O3/c1-3-5-6-7-10-8(9)4-2;1-2-7(9)10-6-4-3-5-8/h4H,2-3,5-7H2,1H3;2,8H,1,3-6H2. The zero-order valence-electron chi connectivity index (χ0n) is 12.3. The average molecular weight is 286 g/mol. The maximum Gasteiger partial charge on any atom is 0.330 e. The molecule has 0 unspecified atom stereocenters. The summed E-state index contributed by atoms with van der Waals surface area (Å²) in [4.78, 5) is 20.8. The van der Waals surface area contributed by atoms with Crippen molar-refractivity contribution in [3.63, 3.8) is 0 Å². The number of ether oxygens (including phenoxy) is 2. The number of hydrogen-bond donors (Lipinski definition) is 1. The predicted octanol–water partition coefficient (Wildman–Crippen LogP) is 2.39. The molecule has 0 saturated carbocycles. The van der Waals surface area contributed by atoms with Crippen LogP contribution >= 0.6 is 0 Å². The summed E-state index contributed by atoms with van der Waals surface area (Å²) in [5.41, 5.74) is 0. The van der Waals surface area contributed by atoms with Crippen LogP contribution in [-0.2, 0) is 19.1 Å². The SMILES string of the molecule is C=CC(=O)OCCCCC.C=CC(=O)OCCCCO. The molecule has 0 fully saturated rings. The maximum absolute atomic E-state index is 10.4. The Bertz CT molecular complexity index is 245. The Hall–Kier alpha value is -1.62. The van der Waals surface area contributed by atoms with E-state index in [1.807, 2.05) is 0 Å². The van der Waals surface area contributed by atoms with E-state index < -0.39 is 5.97 Å². The second-order valence-corrected chi connectivity index (χ2v) is 3.88. The van der Waals surface area contributed by atoms with E-state index in [0.717, 1.165) is 25.3 Å². The third-order valence-corrected chi connectivity index (χ3v) is 2.12. The molecule has 0 aromatic rings. The number of esters is 2. The molecule has 0 heterocycles. The molecule has 0 radical (unpaired) electrons. The van der Waals surface area contributed by atoms with Crippen LogP contribution in [0.15, 0.2) is 25.3 Å². The van der Waals surface area contributed by atoms with E-state index in [1.54, 1.807) is 0 Å². The lowest BCUT2D eigenvalue weighted by Gasteiger charge is -1.98. The summed E-state index contributed by atoms with van der Waals surface area (Å²) in [5.74, 6) is -0.728. The van der Waals surface area contributed by atoms with E-state index in [4.69, 9.17) is 9.84 Å². The molecule has 0 bridgehead atoms. The van der Waals surface area contributed by atoms with E-state index in [2.05, 4.69) is 24.8 Å². The first-order chi connectivity index (χ1) is 9.62. The largest absolute Gasteiger partial charge is 0.463 e. The highest BCUT2D eigenvalue weighted by atomic mass is 16.5. The van der Waals surface area contributed by atoms with E-state index in [9.17, 15) is 9.59 Å². The highest BCUT2D eigenvalue weighted by Crippen LogP contribution is 1.94. The van der Waals surface area contributed by atoms with Crippen molar-refractivity contribution in [1.29, 1.82) is 0 Å². The molecule has 0 saturated heterocycles. The van der Waals surface area contributed by atoms with Gasteiger partial charge in [-0.25, -0.2) is 9.59 Å². The molecule has 0 amide bonds. The second-order valence-electron chi connectivity index (χ2n) is 3.88. The van der Waals surface area contributed by atoms with Crippen molar-refractivity contribution in [2.24, 2.45) is 0 Å². The molecule has 0 rings (SSSR count). The Kier molecular flexibility index (Phi) is 18.0. The van der Waals surface area contributed by atoms with Crippen LogP contribution in [0, 0.1) is 0 Å². The molecule has 0 aliphatic rings. The minimum atomic E-state index is -0.405. The van der Waals surface area contributed by atoms with Crippen LogP contribution in [-0.4, -0.2) is 36.9 Å². The van der Waals surface area contributed by atoms with Gasteiger partial charge in [0.15, 0.2) is 0 Å². The van der Waals surface area contributed by atoms with Gasteiger partial charge in [0.25, 0.3) is 0 Å². The van der Waals surface area contributed by atoms with E-state index >= 15 is 0 Å². The molecule has 0 spiro atoms. The fourth-order valence-electron chi connectivity index (χ4n) is 1.03. The van der Waals surface area contributed by atoms with Crippen LogP contribution < -0.4 is 0 Å². The quantitative estimate of drug-likeness (QED) is 0.379. The van der Waals surface area contributed by atoms with Gasteiger partial charge in [-0.2, -0.15) is 0 Å². The summed E-state index contributed by atoms with van der Waals surface area (Å²) < 4.78 is 9.36. The molecule has 0 aliphatic heterocycles. The van der Waals surface area contributed by atoms with Crippen molar-refractivity contribution in [1.82, 2.24) is 0 Å². The Labute approximate surface area is 121 Å². The van der Waals surface area contributed by atoms with Crippen LogP contribution in [0.4, 0.5) is 0 Å². The van der Waals surface area contributed by atoms with Crippen LogP contribution in [0.2, 0.25) is 0 Å². The lowest BCUT2D eigenvalue weighted by atomic mass is 10.3. The molecule has 5 heteroatoms. The lowest BCUT2D eigenvalue weighted by Crippen LogP contribution is -2.02. The smallest absolute Gasteiger partial charge is 0.330 e.